The zero-order valence-electron chi connectivity index (χ0n) is 11.2. The highest BCUT2D eigenvalue weighted by molar-refractivity contribution is 5.80. The van der Waals surface area contributed by atoms with E-state index in [1.54, 1.807) is 0 Å². The van der Waals surface area contributed by atoms with E-state index in [1.807, 2.05) is 0 Å². The second kappa shape index (κ2) is 5.96. The van der Waals surface area contributed by atoms with E-state index in [2.05, 4.69) is 18.7 Å². The van der Waals surface area contributed by atoms with E-state index in [0.29, 0.717) is 24.0 Å². The zero-order chi connectivity index (χ0) is 12.3. The quantitative estimate of drug-likeness (QED) is 0.706. The average Bonchev–Trinajstić information content (AvgIpc) is 2.28. The van der Waals surface area contributed by atoms with Gasteiger partial charge in [-0.25, -0.2) is 0 Å². The second-order valence-corrected chi connectivity index (χ2v) is 5.61. The molecule has 0 aromatic rings. The molecule has 2 aliphatic heterocycles. The number of ether oxygens (including phenoxy) is 1. The fourth-order valence-electron chi connectivity index (χ4n) is 3.13. The van der Waals surface area contributed by atoms with Gasteiger partial charge < -0.3 is 4.74 Å². The molecule has 0 N–H and O–H groups in total. The summed E-state index contributed by atoms with van der Waals surface area (Å²) in [5.74, 6) is 0.460. The van der Waals surface area contributed by atoms with Crippen molar-refractivity contribution in [1.82, 2.24) is 4.90 Å². The van der Waals surface area contributed by atoms with Gasteiger partial charge in [0.2, 0.25) is 0 Å². The smallest absolute Gasteiger partial charge is 0.136 e. The predicted octanol–water partition coefficient (Wildman–Crippen LogP) is 2.74. The standard InChI is InChI=1S/C14H25NO2/c1-3-4-5-6-12-8-14(16)9-13-7-11(2)17-10-15(12)13/h11-13H,3-10H2,1-2H3/t11-,12-,13-/m0/s1. The summed E-state index contributed by atoms with van der Waals surface area (Å²) >= 11 is 0. The minimum Gasteiger partial charge on any atom is -0.363 e. The van der Waals surface area contributed by atoms with Crippen LogP contribution >= 0.6 is 0 Å². The Morgan fingerprint density at radius 3 is 2.94 bits per heavy atom. The lowest BCUT2D eigenvalue weighted by molar-refractivity contribution is -0.145. The number of hydrogen-bond acceptors (Lipinski definition) is 3. The number of nitrogens with zero attached hydrogens (tertiary/aromatic N) is 1. The van der Waals surface area contributed by atoms with Crippen LogP contribution in [0.25, 0.3) is 0 Å². The molecule has 0 spiro atoms. The molecule has 0 aromatic carbocycles. The van der Waals surface area contributed by atoms with Gasteiger partial charge in [0.1, 0.15) is 5.78 Å². The van der Waals surface area contributed by atoms with Gasteiger partial charge in [0.05, 0.1) is 12.8 Å². The summed E-state index contributed by atoms with van der Waals surface area (Å²) in [4.78, 5) is 14.2. The van der Waals surface area contributed by atoms with E-state index in [-0.39, 0.29) is 0 Å². The Morgan fingerprint density at radius 1 is 1.35 bits per heavy atom. The molecule has 17 heavy (non-hydrogen) atoms. The monoisotopic (exact) mass is 239 g/mol. The van der Waals surface area contributed by atoms with Gasteiger partial charge in [0.15, 0.2) is 0 Å². The number of fused-ring (bicyclic) bond motifs is 1. The first-order chi connectivity index (χ1) is 8.20. The summed E-state index contributed by atoms with van der Waals surface area (Å²) in [6.07, 6.45) is 7.77. The molecule has 2 aliphatic rings. The van der Waals surface area contributed by atoms with Crippen molar-refractivity contribution >= 4 is 5.78 Å². The van der Waals surface area contributed by atoms with E-state index < -0.39 is 0 Å². The summed E-state index contributed by atoms with van der Waals surface area (Å²) in [7, 11) is 0. The highest BCUT2D eigenvalue weighted by atomic mass is 16.5. The number of rotatable bonds is 4. The van der Waals surface area contributed by atoms with Crippen molar-refractivity contribution in [2.75, 3.05) is 6.73 Å². The van der Waals surface area contributed by atoms with Gasteiger partial charge in [-0.15, -0.1) is 0 Å². The van der Waals surface area contributed by atoms with Crippen LogP contribution in [0.2, 0.25) is 0 Å². The van der Waals surface area contributed by atoms with Gasteiger partial charge in [-0.2, -0.15) is 0 Å². The number of Topliss-reactive ketones (excluding diaryl/α,β-unsaturated/α-hetero) is 1. The number of carbonyl (C=O) groups is 1. The topological polar surface area (TPSA) is 29.5 Å². The first-order valence-electron chi connectivity index (χ1n) is 7.09. The first-order valence-corrected chi connectivity index (χ1v) is 7.09. The molecular weight excluding hydrogens is 214 g/mol. The van der Waals surface area contributed by atoms with E-state index in [0.717, 1.165) is 32.4 Å². The Balaban J connectivity index is 1.92. The number of piperidine rings is 1. The number of carbonyl (C=O) groups excluding carboxylic acids is 1. The van der Waals surface area contributed by atoms with Crippen molar-refractivity contribution in [3.8, 4) is 0 Å². The molecular formula is C14H25NO2. The highest BCUT2D eigenvalue weighted by Gasteiger charge is 2.37. The van der Waals surface area contributed by atoms with E-state index >= 15 is 0 Å². The van der Waals surface area contributed by atoms with Crippen LogP contribution in [0, 0.1) is 0 Å². The van der Waals surface area contributed by atoms with Crippen molar-refractivity contribution in [3.63, 3.8) is 0 Å². The second-order valence-electron chi connectivity index (χ2n) is 5.61. The molecule has 0 saturated carbocycles. The molecule has 0 bridgehead atoms. The predicted molar refractivity (Wildman–Crippen MR) is 67.8 cm³/mol. The van der Waals surface area contributed by atoms with Crippen LogP contribution in [-0.4, -0.2) is 35.6 Å². The van der Waals surface area contributed by atoms with Crippen molar-refractivity contribution in [3.05, 3.63) is 0 Å². The third-order valence-corrected chi connectivity index (χ3v) is 4.12. The van der Waals surface area contributed by atoms with Gasteiger partial charge >= 0.3 is 0 Å². The minimum atomic E-state index is 0.318. The number of ketones is 1. The first kappa shape index (κ1) is 13.0. The Bertz CT molecular complexity index is 267. The molecule has 0 aromatic heterocycles. The molecule has 2 rings (SSSR count). The molecule has 0 aliphatic carbocycles. The maximum Gasteiger partial charge on any atom is 0.136 e. The number of unbranched alkanes of at least 4 members (excludes halogenated alkanes) is 2. The van der Waals surface area contributed by atoms with Crippen molar-refractivity contribution < 1.29 is 9.53 Å². The van der Waals surface area contributed by atoms with E-state index in [4.69, 9.17) is 4.74 Å². The minimum absolute atomic E-state index is 0.318. The molecule has 2 saturated heterocycles. The summed E-state index contributed by atoms with van der Waals surface area (Å²) in [6.45, 7) is 5.07. The molecule has 98 valence electrons. The van der Waals surface area contributed by atoms with Crippen LogP contribution in [0.15, 0.2) is 0 Å². The lowest BCUT2D eigenvalue weighted by Gasteiger charge is -2.45. The highest BCUT2D eigenvalue weighted by Crippen LogP contribution is 2.30. The fourth-order valence-corrected chi connectivity index (χ4v) is 3.13. The van der Waals surface area contributed by atoms with E-state index in [9.17, 15) is 4.79 Å². The van der Waals surface area contributed by atoms with Crippen LogP contribution in [-0.2, 0) is 9.53 Å². The molecule has 2 fully saturated rings. The van der Waals surface area contributed by atoms with Crippen LogP contribution in [0.3, 0.4) is 0 Å². The van der Waals surface area contributed by atoms with Crippen LogP contribution in [0.4, 0.5) is 0 Å². The maximum absolute atomic E-state index is 11.8. The Morgan fingerprint density at radius 2 is 2.18 bits per heavy atom. The molecule has 2 heterocycles. The summed E-state index contributed by atoms with van der Waals surface area (Å²) in [5.41, 5.74) is 0. The summed E-state index contributed by atoms with van der Waals surface area (Å²) < 4.78 is 5.73. The Labute approximate surface area is 105 Å². The lowest BCUT2D eigenvalue weighted by atomic mass is 9.88. The van der Waals surface area contributed by atoms with E-state index in [1.165, 1.54) is 19.3 Å². The van der Waals surface area contributed by atoms with Gasteiger partial charge in [0, 0.05) is 24.9 Å². The van der Waals surface area contributed by atoms with Crippen LogP contribution in [0.1, 0.15) is 58.8 Å². The van der Waals surface area contributed by atoms with Gasteiger partial charge in [-0.1, -0.05) is 26.2 Å². The summed E-state index contributed by atoms with van der Waals surface area (Å²) in [6, 6.07) is 0.895. The lowest BCUT2D eigenvalue weighted by Crippen LogP contribution is -2.54. The van der Waals surface area contributed by atoms with Crippen LogP contribution < -0.4 is 0 Å². The fraction of sp³-hybridized carbons (Fsp3) is 0.929. The molecule has 3 heteroatoms. The Hall–Kier alpha value is -0.410. The normalized spacial score (nSPS) is 34.7. The van der Waals surface area contributed by atoms with Crippen LogP contribution in [0.5, 0.6) is 0 Å². The third kappa shape index (κ3) is 3.29. The molecule has 0 radical (unpaired) electrons. The summed E-state index contributed by atoms with van der Waals surface area (Å²) in [5, 5.41) is 0. The van der Waals surface area contributed by atoms with Gasteiger partial charge in [-0.05, 0) is 19.8 Å². The van der Waals surface area contributed by atoms with Crippen molar-refractivity contribution in [2.45, 2.75) is 77.0 Å². The zero-order valence-corrected chi connectivity index (χ0v) is 11.2. The van der Waals surface area contributed by atoms with Gasteiger partial charge in [0.25, 0.3) is 0 Å². The van der Waals surface area contributed by atoms with Crippen molar-refractivity contribution in [1.29, 1.82) is 0 Å². The SMILES string of the molecule is CCCCC[C@H]1CC(=O)C[C@@H]2C[C@H](C)OCN21. The van der Waals surface area contributed by atoms with Gasteiger partial charge in [-0.3, -0.25) is 9.69 Å². The largest absolute Gasteiger partial charge is 0.363 e. The molecule has 0 amide bonds. The molecule has 3 atom stereocenters. The molecule has 0 unspecified atom stereocenters. The Kier molecular flexibility index (Phi) is 4.57. The third-order valence-electron chi connectivity index (χ3n) is 4.12. The maximum atomic E-state index is 11.8. The molecule has 3 nitrogen and oxygen atoms in total. The van der Waals surface area contributed by atoms with Crippen molar-refractivity contribution in [2.24, 2.45) is 0 Å². The average molecular weight is 239 g/mol. The number of hydrogen-bond donors (Lipinski definition) is 0.